The number of rotatable bonds is 7. The van der Waals surface area contributed by atoms with E-state index in [1.165, 1.54) is 0 Å². The lowest BCUT2D eigenvalue weighted by atomic mass is 10.0. The van der Waals surface area contributed by atoms with Crippen molar-refractivity contribution < 1.29 is 4.79 Å². The molecule has 138 valence electrons. The molecule has 3 aromatic rings. The minimum absolute atomic E-state index is 0.214. The van der Waals surface area contributed by atoms with Crippen molar-refractivity contribution in [2.75, 3.05) is 0 Å². The van der Waals surface area contributed by atoms with Crippen LogP contribution in [0.25, 0.3) is 22.2 Å². The van der Waals surface area contributed by atoms with Crippen molar-refractivity contribution in [2.45, 2.75) is 39.5 Å². The molecule has 2 heterocycles. The highest BCUT2D eigenvalue weighted by Gasteiger charge is 2.14. The molecular formula is C22H24N4O. The molecule has 0 unspecified atom stereocenters. The Balaban J connectivity index is 1.99. The first-order valence-corrected chi connectivity index (χ1v) is 9.38. The molecule has 0 saturated carbocycles. The average Bonchev–Trinajstić information content (AvgIpc) is 2.72. The number of para-hydroxylation sites is 1. The molecule has 0 aliphatic heterocycles. The second kappa shape index (κ2) is 9.03. The second-order valence-electron chi connectivity index (χ2n) is 6.43. The van der Waals surface area contributed by atoms with Crippen LogP contribution in [-0.2, 0) is 0 Å². The Morgan fingerprint density at radius 3 is 2.44 bits per heavy atom. The SMILES string of the molecule is CCCC(CCC)=NNC(=O)c1cc(-c2ccncc2)nc2ccccc12. The van der Waals surface area contributed by atoms with Crippen LogP contribution < -0.4 is 5.43 Å². The average molecular weight is 360 g/mol. The maximum atomic E-state index is 12.9. The molecule has 0 bridgehead atoms. The summed E-state index contributed by atoms with van der Waals surface area (Å²) >= 11 is 0. The number of hydrogen-bond donors (Lipinski definition) is 1. The normalized spacial score (nSPS) is 10.6. The van der Waals surface area contributed by atoms with E-state index in [4.69, 9.17) is 4.98 Å². The Morgan fingerprint density at radius 2 is 1.74 bits per heavy atom. The molecule has 27 heavy (non-hydrogen) atoms. The summed E-state index contributed by atoms with van der Waals surface area (Å²) in [4.78, 5) is 21.6. The monoisotopic (exact) mass is 360 g/mol. The van der Waals surface area contributed by atoms with E-state index < -0.39 is 0 Å². The van der Waals surface area contributed by atoms with Gasteiger partial charge < -0.3 is 0 Å². The molecule has 3 rings (SSSR count). The highest BCUT2D eigenvalue weighted by atomic mass is 16.2. The summed E-state index contributed by atoms with van der Waals surface area (Å²) in [5, 5.41) is 5.19. The lowest BCUT2D eigenvalue weighted by Gasteiger charge is -2.10. The van der Waals surface area contributed by atoms with Crippen LogP contribution in [0, 0.1) is 0 Å². The molecule has 2 aromatic heterocycles. The van der Waals surface area contributed by atoms with Crippen molar-refractivity contribution in [3.8, 4) is 11.3 Å². The van der Waals surface area contributed by atoms with Crippen LogP contribution in [0.4, 0.5) is 0 Å². The Kier molecular flexibility index (Phi) is 6.26. The maximum Gasteiger partial charge on any atom is 0.272 e. The van der Waals surface area contributed by atoms with E-state index >= 15 is 0 Å². The third kappa shape index (κ3) is 4.56. The topological polar surface area (TPSA) is 67.2 Å². The van der Waals surface area contributed by atoms with Crippen molar-refractivity contribution in [1.82, 2.24) is 15.4 Å². The van der Waals surface area contributed by atoms with Crippen LogP contribution in [0.15, 0.2) is 60.0 Å². The Morgan fingerprint density at radius 1 is 1.04 bits per heavy atom. The number of pyridine rings is 2. The number of aromatic nitrogens is 2. The molecule has 0 aliphatic carbocycles. The van der Waals surface area contributed by atoms with Gasteiger partial charge in [-0.3, -0.25) is 9.78 Å². The number of nitrogens with one attached hydrogen (secondary N) is 1. The summed E-state index contributed by atoms with van der Waals surface area (Å²) in [5.41, 5.74) is 6.80. The number of fused-ring (bicyclic) bond motifs is 1. The lowest BCUT2D eigenvalue weighted by molar-refractivity contribution is 0.0956. The van der Waals surface area contributed by atoms with Crippen molar-refractivity contribution in [1.29, 1.82) is 0 Å². The Bertz CT molecular complexity index is 943. The summed E-state index contributed by atoms with van der Waals surface area (Å²) in [7, 11) is 0. The third-order valence-electron chi connectivity index (χ3n) is 4.33. The Labute approximate surface area is 159 Å². The zero-order chi connectivity index (χ0) is 19.1. The van der Waals surface area contributed by atoms with Gasteiger partial charge in [-0.05, 0) is 37.1 Å². The molecule has 0 aliphatic rings. The van der Waals surface area contributed by atoms with Crippen molar-refractivity contribution in [3.05, 3.63) is 60.4 Å². The van der Waals surface area contributed by atoms with Crippen molar-refractivity contribution in [3.63, 3.8) is 0 Å². The smallest absolute Gasteiger partial charge is 0.267 e. The standard InChI is InChI=1S/C22H24N4O/c1-3-7-17(8-4-2)25-26-22(27)19-15-21(16-11-13-23-14-12-16)24-20-10-6-5-9-18(19)20/h5-6,9-15H,3-4,7-8H2,1-2H3,(H,26,27). The summed E-state index contributed by atoms with van der Waals surface area (Å²) < 4.78 is 0. The number of nitrogens with zero attached hydrogens (tertiary/aromatic N) is 3. The quantitative estimate of drug-likeness (QED) is 0.477. The largest absolute Gasteiger partial charge is 0.272 e. The van der Waals surface area contributed by atoms with Gasteiger partial charge in [0.1, 0.15) is 0 Å². The number of hydrazone groups is 1. The van der Waals surface area contributed by atoms with Crippen molar-refractivity contribution >= 4 is 22.5 Å². The van der Waals surface area contributed by atoms with Crippen LogP contribution in [0.2, 0.25) is 0 Å². The second-order valence-corrected chi connectivity index (χ2v) is 6.43. The first-order chi connectivity index (χ1) is 13.2. The lowest BCUT2D eigenvalue weighted by Crippen LogP contribution is -2.20. The number of amides is 1. The van der Waals surface area contributed by atoms with Gasteiger partial charge in [0.05, 0.1) is 16.8 Å². The van der Waals surface area contributed by atoms with E-state index in [2.05, 4.69) is 29.4 Å². The van der Waals surface area contributed by atoms with E-state index in [0.29, 0.717) is 5.56 Å². The van der Waals surface area contributed by atoms with E-state index in [0.717, 1.165) is 53.6 Å². The van der Waals surface area contributed by atoms with Crippen LogP contribution in [0.3, 0.4) is 0 Å². The first kappa shape index (κ1) is 18.7. The van der Waals surface area contributed by atoms with Crippen molar-refractivity contribution in [2.24, 2.45) is 5.10 Å². The first-order valence-electron chi connectivity index (χ1n) is 9.38. The van der Waals surface area contributed by atoms with Gasteiger partial charge in [-0.15, -0.1) is 0 Å². The number of benzene rings is 1. The van der Waals surface area contributed by atoms with Crippen LogP contribution >= 0.6 is 0 Å². The maximum absolute atomic E-state index is 12.9. The predicted octanol–water partition coefficient (Wildman–Crippen LogP) is 4.98. The Hall–Kier alpha value is -3.08. The van der Waals surface area contributed by atoms with E-state index in [1.807, 2.05) is 42.5 Å². The molecule has 1 aromatic carbocycles. The van der Waals surface area contributed by atoms with Gasteiger partial charge in [-0.2, -0.15) is 5.10 Å². The zero-order valence-corrected chi connectivity index (χ0v) is 15.8. The van der Waals surface area contributed by atoms with Gasteiger partial charge in [-0.1, -0.05) is 44.9 Å². The summed E-state index contributed by atoms with van der Waals surface area (Å²) in [6, 6.07) is 13.3. The fourth-order valence-corrected chi connectivity index (χ4v) is 3.04. The molecule has 0 radical (unpaired) electrons. The summed E-state index contributed by atoms with van der Waals surface area (Å²) in [5.74, 6) is -0.214. The molecule has 5 nitrogen and oxygen atoms in total. The number of carbonyl (C=O) groups is 1. The van der Waals surface area contributed by atoms with Crippen LogP contribution in [0.5, 0.6) is 0 Å². The fraction of sp³-hybridized carbons (Fsp3) is 0.273. The van der Waals surface area contributed by atoms with Crippen LogP contribution in [0.1, 0.15) is 49.9 Å². The van der Waals surface area contributed by atoms with E-state index in [-0.39, 0.29) is 5.91 Å². The van der Waals surface area contributed by atoms with Gasteiger partial charge in [0.15, 0.2) is 0 Å². The van der Waals surface area contributed by atoms with Gasteiger partial charge >= 0.3 is 0 Å². The molecule has 1 amide bonds. The van der Waals surface area contributed by atoms with Crippen LogP contribution in [-0.4, -0.2) is 21.6 Å². The summed E-state index contributed by atoms with van der Waals surface area (Å²) in [6.45, 7) is 4.23. The zero-order valence-electron chi connectivity index (χ0n) is 15.8. The van der Waals surface area contributed by atoms with Gasteiger partial charge in [0.2, 0.25) is 0 Å². The highest BCUT2D eigenvalue weighted by molar-refractivity contribution is 6.07. The highest BCUT2D eigenvalue weighted by Crippen LogP contribution is 2.24. The predicted molar refractivity (Wildman–Crippen MR) is 110 cm³/mol. The molecule has 0 spiro atoms. The van der Waals surface area contributed by atoms with Gasteiger partial charge in [0.25, 0.3) is 5.91 Å². The minimum Gasteiger partial charge on any atom is -0.267 e. The number of hydrogen-bond acceptors (Lipinski definition) is 4. The molecule has 5 heteroatoms. The molecule has 0 atom stereocenters. The fourth-order valence-electron chi connectivity index (χ4n) is 3.04. The van der Waals surface area contributed by atoms with E-state index in [1.54, 1.807) is 12.4 Å². The van der Waals surface area contributed by atoms with Gasteiger partial charge in [0, 0.05) is 29.1 Å². The minimum atomic E-state index is -0.214. The summed E-state index contributed by atoms with van der Waals surface area (Å²) in [6.07, 6.45) is 7.26. The molecule has 0 fully saturated rings. The number of carbonyl (C=O) groups excluding carboxylic acids is 1. The molecular weight excluding hydrogens is 336 g/mol. The third-order valence-corrected chi connectivity index (χ3v) is 4.33. The molecule has 1 N–H and O–H groups in total. The van der Waals surface area contributed by atoms with Gasteiger partial charge in [-0.25, -0.2) is 10.4 Å². The molecule has 0 saturated heterocycles. The van der Waals surface area contributed by atoms with E-state index in [9.17, 15) is 4.79 Å².